The number of aromatic nitrogens is 3. The Balaban J connectivity index is 1.78. The summed E-state index contributed by atoms with van der Waals surface area (Å²) < 4.78 is 20.4. The third-order valence-corrected chi connectivity index (χ3v) is 5.67. The van der Waals surface area contributed by atoms with Crippen LogP contribution in [0.4, 0.5) is 4.39 Å². The molecule has 0 saturated carbocycles. The molecule has 28 heavy (non-hydrogen) atoms. The maximum atomic E-state index is 13.6. The lowest BCUT2D eigenvalue weighted by Crippen LogP contribution is -2.21. The molecule has 0 aliphatic carbocycles. The minimum atomic E-state index is -0.500. The molecule has 142 valence electrons. The van der Waals surface area contributed by atoms with Crippen molar-refractivity contribution >= 4 is 40.9 Å². The Morgan fingerprint density at radius 3 is 2.96 bits per heavy atom. The van der Waals surface area contributed by atoms with Crippen molar-refractivity contribution in [2.24, 2.45) is 5.10 Å². The Bertz CT molecular complexity index is 1070. The van der Waals surface area contributed by atoms with Gasteiger partial charge in [-0.15, -0.1) is 21.5 Å². The van der Waals surface area contributed by atoms with Gasteiger partial charge < -0.3 is 4.74 Å². The lowest BCUT2D eigenvalue weighted by Gasteiger charge is -2.15. The van der Waals surface area contributed by atoms with Crippen molar-refractivity contribution in [3.05, 3.63) is 58.7 Å². The molecular weight excluding hydrogens is 399 g/mol. The van der Waals surface area contributed by atoms with Gasteiger partial charge in [-0.3, -0.25) is 0 Å². The number of hydrogen-bond acceptors (Lipinski definition) is 7. The Labute approximate surface area is 168 Å². The molecule has 1 aliphatic rings. The smallest absolute Gasteiger partial charge is 0.340 e. The summed E-state index contributed by atoms with van der Waals surface area (Å²) in [6, 6.07) is 9.89. The molecule has 0 amide bonds. The van der Waals surface area contributed by atoms with E-state index >= 15 is 0 Å². The number of hydrogen-bond donors (Lipinski definition) is 0. The van der Waals surface area contributed by atoms with Crippen molar-refractivity contribution in [2.45, 2.75) is 12.1 Å². The SMILES string of the molecule is CCOC(=O)/C(=C\c1cccc(F)c1)C1=Nn2c(nnc2-c2cccs2)SC1. The molecule has 3 heterocycles. The van der Waals surface area contributed by atoms with Gasteiger partial charge in [0.25, 0.3) is 0 Å². The van der Waals surface area contributed by atoms with Crippen LogP contribution in [0.15, 0.2) is 57.6 Å². The van der Waals surface area contributed by atoms with Gasteiger partial charge in [-0.2, -0.15) is 9.78 Å². The first kappa shape index (κ1) is 18.6. The molecule has 9 heteroatoms. The number of fused-ring (bicyclic) bond motifs is 1. The van der Waals surface area contributed by atoms with Gasteiger partial charge in [0, 0.05) is 5.75 Å². The highest BCUT2D eigenvalue weighted by molar-refractivity contribution is 7.99. The van der Waals surface area contributed by atoms with Crippen LogP contribution in [0.5, 0.6) is 0 Å². The molecule has 6 nitrogen and oxygen atoms in total. The second-order valence-corrected chi connectivity index (χ2v) is 7.65. The molecule has 1 aliphatic heterocycles. The van der Waals surface area contributed by atoms with Crippen LogP contribution in [0.25, 0.3) is 16.8 Å². The molecule has 0 bridgehead atoms. The second kappa shape index (κ2) is 8.07. The molecule has 3 aromatic rings. The minimum Gasteiger partial charge on any atom is -0.462 e. The fraction of sp³-hybridized carbons (Fsp3) is 0.158. The molecule has 4 rings (SSSR count). The van der Waals surface area contributed by atoms with E-state index in [1.807, 2.05) is 17.5 Å². The third kappa shape index (κ3) is 3.76. The van der Waals surface area contributed by atoms with Gasteiger partial charge in [-0.1, -0.05) is 30.0 Å². The van der Waals surface area contributed by atoms with Gasteiger partial charge >= 0.3 is 5.97 Å². The second-order valence-electron chi connectivity index (χ2n) is 5.76. The average Bonchev–Trinajstić information content (AvgIpc) is 3.35. The van der Waals surface area contributed by atoms with Crippen LogP contribution in [-0.4, -0.2) is 38.9 Å². The zero-order chi connectivity index (χ0) is 19.5. The highest BCUT2D eigenvalue weighted by atomic mass is 32.2. The summed E-state index contributed by atoms with van der Waals surface area (Å²) in [6.45, 7) is 1.97. The van der Waals surface area contributed by atoms with Crippen LogP contribution in [0, 0.1) is 5.82 Å². The summed E-state index contributed by atoms with van der Waals surface area (Å²) in [5, 5.41) is 15.6. The van der Waals surface area contributed by atoms with Gasteiger partial charge in [-0.25, -0.2) is 9.18 Å². The van der Waals surface area contributed by atoms with E-state index in [0.29, 0.717) is 28.0 Å². The highest BCUT2D eigenvalue weighted by Gasteiger charge is 2.25. The number of thiophene rings is 1. The van der Waals surface area contributed by atoms with Gasteiger partial charge in [-0.05, 0) is 42.1 Å². The van der Waals surface area contributed by atoms with E-state index in [0.717, 1.165) is 4.88 Å². The van der Waals surface area contributed by atoms with Crippen LogP contribution in [0.2, 0.25) is 0 Å². The number of carbonyl (C=O) groups excluding carboxylic acids is 1. The third-order valence-electron chi connectivity index (χ3n) is 3.88. The van der Waals surface area contributed by atoms with Crippen molar-refractivity contribution in [1.82, 2.24) is 14.9 Å². The van der Waals surface area contributed by atoms with Gasteiger partial charge in [0.05, 0.1) is 22.8 Å². The van der Waals surface area contributed by atoms with E-state index in [1.54, 1.807) is 29.8 Å². The first-order valence-electron chi connectivity index (χ1n) is 8.50. The standard InChI is InChI=1S/C19H15FN4O2S2/c1-2-26-18(25)14(10-12-5-3-6-13(20)9-12)15-11-28-19-22-21-17(24(19)23-15)16-7-4-8-27-16/h3-10H,2,11H2,1H3/b14-10-. The number of benzene rings is 1. The summed E-state index contributed by atoms with van der Waals surface area (Å²) in [6.07, 6.45) is 1.60. The fourth-order valence-electron chi connectivity index (χ4n) is 2.65. The molecule has 0 spiro atoms. The summed E-state index contributed by atoms with van der Waals surface area (Å²) in [5.41, 5.74) is 1.37. The molecule has 2 aromatic heterocycles. The van der Waals surface area contributed by atoms with E-state index in [9.17, 15) is 9.18 Å². The molecule has 0 radical (unpaired) electrons. The fourth-order valence-corrected chi connectivity index (χ4v) is 4.17. The zero-order valence-corrected chi connectivity index (χ0v) is 16.5. The van der Waals surface area contributed by atoms with Crippen LogP contribution >= 0.6 is 23.1 Å². The van der Waals surface area contributed by atoms with Gasteiger partial charge in [0.2, 0.25) is 5.16 Å². The zero-order valence-electron chi connectivity index (χ0n) is 14.8. The molecule has 0 saturated heterocycles. The van der Waals surface area contributed by atoms with Crippen LogP contribution < -0.4 is 0 Å². The first-order chi connectivity index (χ1) is 13.7. The molecule has 0 fully saturated rings. The number of esters is 1. The average molecular weight is 414 g/mol. The lowest BCUT2D eigenvalue weighted by molar-refractivity contribution is -0.137. The van der Waals surface area contributed by atoms with Crippen molar-refractivity contribution < 1.29 is 13.9 Å². The van der Waals surface area contributed by atoms with Gasteiger partial charge in [0.1, 0.15) is 5.82 Å². The first-order valence-corrected chi connectivity index (χ1v) is 10.4. The summed E-state index contributed by atoms with van der Waals surface area (Å²) in [4.78, 5) is 13.5. The van der Waals surface area contributed by atoms with Gasteiger partial charge in [0.15, 0.2) is 5.82 Å². The number of halogens is 1. The van der Waals surface area contributed by atoms with Crippen LogP contribution in [-0.2, 0) is 9.53 Å². The lowest BCUT2D eigenvalue weighted by atomic mass is 10.1. The Kier molecular flexibility index (Phi) is 5.36. The molecule has 0 atom stereocenters. The van der Waals surface area contributed by atoms with Crippen molar-refractivity contribution in [3.63, 3.8) is 0 Å². The van der Waals surface area contributed by atoms with E-state index in [2.05, 4.69) is 15.3 Å². The normalized spacial score (nSPS) is 13.8. The van der Waals surface area contributed by atoms with Crippen LogP contribution in [0.1, 0.15) is 12.5 Å². The maximum absolute atomic E-state index is 13.6. The van der Waals surface area contributed by atoms with E-state index in [-0.39, 0.29) is 18.0 Å². The number of carbonyl (C=O) groups is 1. The Morgan fingerprint density at radius 1 is 1.32 bits per heavy atom. The van der Waals surface area contributed by atoms with E-state index in [1.165, 1.54) is 35.2 Å². The van der Waals surface area contributed by atoms with Crippen LogP contribution in [0.3, 0.4) is 0 Å². The Morgan fingerprint density at radius 2 is 2.21 bits per heavy atom. The minimum absolute atomic E-state index is 0.234. The predicted octanol–water partition coefficient (Wildman–Crippen LogP) is 4.10. The van der Waals surface area contributed by atoms with Crippen molar-refractivity contribution in [3.8, 4) is 10.7 Å². The van der Waals surface area contributed by atoms with E-state index in [4.69, 9.17) is 4.74 Å². The topological polar surface area (TPSA) is 69.4 Å². The monoisotopic (exact) mass is 414 g/mol. The number of nitrogens with zero attached hydrogens (tertiary/aromatic N) is 4. The quantitative estimate of drug-likeness (QED) is 0.464. The maximum Gasteiger partial charge on any atom is 0.340 e. The summed E-state index contributed by atoms with van der Waals surface area (Å²) in [7, 11) is 0. The summed E-state index contributed by atoms with van der Waals surface area (Å²) in [5.74, 6) is 0.171. The van der Waals surface area contributed by atoms with Crippen molar-refractivity contribution in [1.29, 1.82) is 0 Å². The highest BCUT2D eigenvalue weighted by Crippen LogP contribution is 2.31. The summed E-state index contributed by atoms with van der Waals surface area (Å²) >= 11 is 2.96. The Hall–Kier alpha value is -2.78. The molecule has 0 unspecified atom stereocenters. The van der Waals surface area contributed by atoms with Crippen molar-refractivity contribution in [2.75, 3.05) is 12.4 Å². The molecular formula is C19H15FN4O2S2. The number of thioether (sulfide) groups is 1. The number of ether oxygens (including phenoxy) is 1. The van der Waals surface area contributed by atoms with E-state index < -0.39 is 5.97 Å². The number of rotatable bonds is 5. The predicted molar refractivity (Wildman–Crippen MR) is 108 cm³/mol. The molecule has 0 N–H and O–H groups in total. The largest absolute Gasteiger partial charge is 0.462 e. The molecule has 1 aromatic carbocycles.